The average Bonchev–Trinajstić information content (AvgIpc) is 2.79. The molecule has 1 aliphatic rings. The SMILES string of the molecule is CCN1CCN(C(=O)CCNC(=O)c2ccc(OC)c(-c3ccccc3)c2)CC1. The fourth-order valence-electron chi connectivity index (χ4n) is 3.55. The van der Waals surface area contributed by atoms with Crippen molar-refractivity contribution >= 4 is 11.8 Å². The van der Waals surface area contributed by atoms with Crippen LogP contribution in [0, 0.1) is 0 Å². The maximum atomic E-state index is 12.6. The van der Waals surface area contributed by atoms with E-state index >= 15 is 0 Å². The van der Waals surface area contributed by atoms with Crippen LogP contribution in [0.1, 0.15) is 23.7 Å². The predicted octanol–water partition coefficient (Wildman–Crippen LogP) is 2.65. The number of carbonyl (C=O) groups excluding carboxylic acids is 2. The summed E-state index contributed by atoms with van der Waals surface area (Å²) in [6.45, 7) is 6.85. The molecule has 1 N–H and O–H groups in total. The number of hydrogen-bond acceptors (Lipinski definition) is 4. The van der Waals surface area contributed by atoms with E-state index in [4.69, 9.17) is 4.74 Å². The van der Waals surface area contributed by atoms with Gasteiger partial charge in [0, 0.05) is 50.3 Å². The van der Waals surface area contributed by atoms with Crippen LogP contribution >= 0.6 is 0 Å². The van der Waals surface area contributed by atoms with Crippen molar-refractivity contribution in [2.24, 2.45) is 0 Å². The molecule has 6 nitrogen and oxygen atoms in total. The Morgan fingerprint density at radius 2 is 1.76 bits per heavy atom. The molecule has 2 amide bonds. The van der Waals surface area contributed by atoms with E-state index in [0.29, 0.717) is 24.3 Å². The van der Waals surface area contributed by atoms with E-state index in [1.807, 2.05) is 41.3 Å². The summed E-state index contributed by atoms with van der Waals surface area (Å²) in [6, 6.07) is 15.2. The Balaban J connectivity index is 1.56. The molecule has 3 rings (SSSR count). The largest absolute Gasteiger partial charge is 0.496 e. The number of nitrogens with one attached hydrogen (secondary N) is 1. The lowest BCUT2D eigenvalue weighted by molar-refractivity contribution is -0.132. The standard InChI is InChI=1S/C23H29N3O3/c1-3-25-13-15-26(16-14-25)22(27)11-12-24-23(28)19-9-10-21(29-2)20(17-19)18-7-5-4-6-8-18/h4-10,17H,3,11-16H2,1-2H3,(H,24,28). The van der Waals surface area contributed by atoms with Crippen LogP contribution in [0.25, 0.3) is 11.1 Å². The van der Waals surface area contributed by atoms with Gasteiger partial charge in [0.05, 0.1) is 7.11 Å². The second kappa shape index (κ2) is 10.1. The summed E-state index contributed by atoms with van der Waals surface area (Å²) < 4.78 is 5.44. The number of ether oxygens (including phenoxy) is 1. The highest BCUT2D eigenvalue weighted by molar-refractivity contribution is 5.96. The predicted molar refractivity (Wildman–Crippen MR) is 114 cm³/mol. The van der Waals surface area contributed by atoms with Gasteiger partial charge < -0.3 is 19.9 Å². The van der Waals surface area contributed by atoms with Crippen molar-refractivity contribution in [2.75, 3.05) is 46.4 Å². The molecule has 1 heterocycles. The molecule has 29 heavy (non-hydrogen) atoms. The van der Waals surface area contributed by atoms with Gasteiger partial charge in [0.25, 0.3) is 5.91 Å². The van der Waals surface area contributed by atoms with E-state index in [2.05, 4.69) is 17.1 Å². The molecule has 1 saturated heterocycles. The number of benzene rings is 2. The smallest absolute Gasteiger partial charge is 0.251 e. The minimum Gasteiger partial charge on any atom is -0.496 e. The normalized spacial score (nSPS) is 14.5. The van der Waals surface area contributed by atoms with Crippen molar-refractivity contribution in [2.45, 2.75) is 13.3 Å². The average molecular weight is 396 g/mol. The third-order valence-corrected chi connectivity index (χ3v) is 5.34. The maximum absolute atomic E-state index is 12.6. The Kier molecular flexibility index (Phi) is 7.25. The van der Waals surface area contributed by atoms with Crippen molar-refractivity contribution in [3.63, 3.8) is 0 Å². The van der Waals surface area contributed by atoms with Crippen molar-refractivity contribution in [1.82, 2.24) is 15.1 Å². The minimum atomic E-state index is -0.187. The van der Waals surface area contributed by atoms with E-state index in [9.17, 15) is 9.59 Å². The number of nitrogens with zero attached hydrogens (tertiary/aromatic N) is 2. The third kappa shape index (κ3) is 5.35. The Bertz CT molecular complexity index is 831. The molecule has 1 aliphatic heterocycles. The van der Waals surface area contributed by atoms with Crippen LogP contribution < -0.4 is 10.1 Å². The molecule has 1 fully saturated rings. The van der Waals surface area contributed by atoms with Gasteiger partial charge in [-0.15, -0.1) is 0 Å². The third-order valence-electron chi connectivity index (χ3n) is 5.34. The van der Waals surface area contributed by atoms with E-state index in [1.165, 1.54) is 0 Å². The van der Waals surface area contributed by atoms with E-state index in [0.717, 1.165) is 43.9 Å². The van der Waals surface area contributed by atoms with E-state index in [1.54, 1.807) is 19.2 Å². The Labute approximate surface area is 172 Å². The second-order valence-electron chi connectivity index (χ2n) is 7.10. The van der Waals surface area contributed by atoms with Crippen LogP contribution in [0.5, 0.6) is 5.75 Å². The Morgan fingerprint density at radius 1 is 1.03 bits per heavy atom. The Hall–Kier alpha value is -2.86. The van der Waals surface area contributed by atoms with Crippen molar-refractivity contribution in [3.05, 3.63) is 54.1 Å². The summed E-state index contributed by atoms with van der Waals surface area (Å²) in [4.78, 5) is 29.2. The fraction of sp³-hybridized carbons (Fsp3) is 0.391. The van der Waals surface area contributed by atoms with Gasteiger partial charge in [-0.25, -0.2) is 0 Å². The number of carbonyl (C=O) groups is 2. The highest BCUT2D eigenvalue weighted by Crippen LogP contribution is 2.30. The fourth-order valence-corrected chi connectivity index (χ4v) is 3.55. The first-order valence-electron chi connectivity index (χ1n) is 10.1. The molecule has 154 valence electrons. The topological polar surface area (TPSA) is 61.9 Å². The summed E-state index contributed by atoms with van der Waals surface area (Å²) in [5, 5.41) is 2.87. The van der Waals surface area contributed by atoms with Crippen LogP contribution in [0.2, 0.25) is 0 Å². The molecule has 0 spiro atoms. The molecular formula is C23H29N3O3. The van der Waals surface area contributed by atoms with Gasteiger partial charge in [0.2, 0.25) is 5.91 Å². The number of amides is 2. The molecule has 6 heteroatoms. The van der Waals surface area contributed by atoms with Crippen LogP contribution in [0.15, 0.2) is 48.5 Å². The number of methoxy groups -OCH3 is 1. The second-order valence-corrected chi connectivity index (χ2v) is 7.10. The summed E-state index contributed by atoms with van der Waals surface area (Å²) in [5.74, 6) is 0.628. The molecule has 2 aromatic rings. The molecule has 0 atom stereocenters. The quantitative estimate of drug-likeness (QED) is 0.783. The number of rotatable bonds is 7. The monoisotopic (exact) mass is 395 g/mol. The van der Waals surface area contributed by atoms with Gasteiger partial charge >= 0.3 is 0 Å². The first kappa shape index (κ1) is 20.9. The van der Waals surface area contributed by atoms with Gasteiger partial charge in [0.1, 0.15) is 5.75 Å². The molecular weight excluding hydrogens is 366 g/mol. The maximum Gasteiger partial charge on any atom is 0.251 e. The van der Waals surface area contributed by atoms with Crippen LogP contribution in [-0.2, 0) is 4.79 Å². The first-order valence-corrected chi connectivity index (χ1v) is 10.1. The van der Waals surface area contributed by atoms with Gasteiger partial charge in [-0.05, 0) is 30.3 Å². The van der Waals surface area contributed by atoms with Gasteiger partial charge in [0.15, 0.2) is 0 Å². The zero-order valence-corrected chi connectivity index (χ0v) is 17.2. The number of hydrogen-bond donors (Lipinski definition) is 1. The van der Waals surface area contributed by atoms with Crippen molar-refractivity contribution in [1.29, 1.82) is 0 Å². The highest BCUT2D eigenvalue weighted by Gasteiger charge is 2.20. The van der Waals surface area contributed by atoms with Gasteiger partial charge in [-0.3, -0.25) is 9.59 Å². The number of piperazine rings is 1. The first-order chi connectivity index (χ1) is 14.1. The lowest BCUT2D eigenvalue weighted by atomic mass is 10.0. The lowest BCUT2D eigenvalue weighted by Crippen LogP contribution is -2.49. The zero-order chi connectivity index (χ0) is 20.6. The summed E-state index contributed by atoms with van der Waals surface area (Å²) >= 11 is 0. The zero-order valence-electron chi connectivity index (χ0n) is 17.2. The molecule has 0 saturated carbocycles. The van der Waals surface area contributed by atoms with Crippen LogP contribution in [-0.4, -0.2) is 68.0 Å². The lowest BCUT2D eigenvalue weighted by Gasteiger charge is -2.34. The Morgan fingerprint density at radius 3 is 2.41 bits per heavy atom. The molecule has 0 unspecified atom stereocenters. The van der Waals surface area contributed by atoms with Crippen LogP contribution in [0.3, 0.4) is 0 Å². The van der Waals surface area contributed by atoms with Gasteiger partial charge in [-0.1, -0.05) is 37.3 Å². The number of likely N-dealkylation sites (N-methyl/N-ethyl adjacent to an activating group) is 1. The van der Waals surface area contributed by atoms with Gasteiger partial charge in [-0.2, -0.15) is 0 Å². The molecule has 2 aromatic carbocycles. The summed E-state index contributed by atoms with van der Waals surface area (Å²) in [5.41, 5.74) is 2.40. The van der Waals surface area contributed by atoms with Crippen molar-refractivity contribution in [3.8, 4) is 16.9 Å². The van der Waals surface area contributed by atoms with Crippen molar-refractivity contribution < 1.29 is 14.3 Å². The van der Waals surface area contributed by atoms with Crippen LogP contribution in [0.4, 0.5) is 0 Å². The molecule has 0 bridgehead atoms. The summed E-state index contributed by atoms with van der Waals surface area (Å²) in [7, 11) is 1.62. The highest BCUT2D eigenvalue weighted by atomic mass is 16.5. The molecule has 0 radical (unpaired) electrons. The van der Waals surface area contributed by atoms with E-state index < -0.39 is 0 Å². The molecule has 0 aromatic heterocycles. The molecule has 0 aliphatic carbocycles. The van der Waals surface area contributed by atoms with E-state index in [-0.39, 0.29) is 11.8 Å². The minimum absolute atomic E-state index is 0.0979. The summed E-state index contributed by atoms with van der Waals surface area (Å²) in [6.07, 6.45) is 0.319.